The van der Waals surface area contributed by atoms with Crippen molar-refractivity contribution in [3.05, 3.63) is 0 Å². The third kappa shape index (κ3) is 9.18. The highest BCUT2D eigenvalue weighted by Gasteiger charge is 2.13. The molecular weight excluding hydrogens is 210 g/mol. The van der Waals surface area contributed by atoms with E-state index in [0.29, 0.717) is 18.9 Å². The summed E-state index contributed by atoms with van der Waals surface area (Å²) in [7, 11) is 0. The molecule has 0 amide bonds. The molecule has 2 nitrogen and oxygen atoms in total. The Morgan fingerprint density at radius 3 is 2.35 bits per heavy atom. The summed E-state index contributed by atoms with van der Waals surface area (Å²) >= 11 is 0. The molecule has 100 valence electrons. The van der Waals surface area contributed by atoms with Crippen LogP contribution in [0.4, 0.5) is 0 Å². The van der Waals surface area contributed by atoms with Crippen LogP contribution in [-0.2, 0) is 4.74 Å². The maximum absolute atomic E-state index is 8.44. The van der Waals surface area contributed by atoms with E-state index in [-0.39, 0.29) is 0 Å². The van der Waals surface area contributed by atoms with Gasteiger partial charge < -0.3 is 4.74 Å². The normalized spacial score (nSPS) is 14.2. The van der Waals surface area contributed by atoms with Crippen molar-refractivity contribution in [3.8, 4) is 6.07 Å². The first-order chi connectivity index (χ1) is 8.28. The first-order valence-corrected chi connectivity index (χ1v) is 7.23. The van der Waals surface area contributed by atoms with Gasteiger partial charge in [0, 0.05) is 6.61 Å². The quantitative estimate of drug-likeness (QED) is 0.496. The van der Waals surface area contributed by atoms with Gasteiger partial charge in [0.15, 0.2) is 0 Å². The van der Waals surface area contributed by atoms with Crippen molar-refractivity contribution in [2.24, 2.45) is 11.8 Å². The molecule has 0 aromatic carbocycles. The Kier molecular flexibility index (Phi) is 11.5. The molecule has 0 bridgehead atoms. The number of hydrogen-bond acceptors (Lipinski definition) is 2. The molecule has 2 atom stereocenters. The summed E-state index contributed by atoms with van der Waals surface area (Å²) in [6.45, 7) is 8.23. The van der Waals surface area contributed by atoms with Crippen LogP contribution >= 0.6 is 0 Å². The molecule has 0 radical (unpaired) electrons. The Hall–Kier alpha value is -0.550. The second kappa shape index (κ2) is 11.9. The van der Waals surface area contributed by atoms with Gasteiger partial charge in [-0.1, -0.05) is 52.9 Å². The van der Waals surface area contributed by atoms with Crippen molar-refractivity contribution < 1.29 is 4.74 Å². The Balaban J connectivity index is 3.79. The summed E-state index contributed by atoms with van der Waals surface area (Å²) in [5.74, 6) is 1.54. The predicted octanol–water partition coefficient (Wildman–Crippen LogP) is 4.55. The Labute approximate surface area is 107 Å². The van der Waals surface area contributed by atoms with E-state index in [1.54, 1.807) is 0 Å². The predicted molar refractivity (Wildman–Crippen MR) is 72.8 cm³/mol. The molecule has 0 aliphatic carbocycles. The molecule has 0 aliphatic rings. The van der Waals surface area contributed by atoms with Crippen LogP contribution < -0.4 is 0 Å². The van der Waals surface area contributed by atoms with Crippen LogP contribution in [0.25, 0.3) is 0 Å². The molecule has 0 fully saturated rings. The number of unbranched alkanes of at least 4 members (excludes halogenated alkanes) is 1. The standard InChI is InChI=1S/C15H29NO/c1-4-7-9-14(5-2)12-15(6-3)13-17-11-8-10-16/h14-15H,4-9,11-13H2,1-3H3/t14-,15-/m1/s1. The summed E-state index contributed by atoms with van der Waals surface area (Å²) in [5.41, 5.74) is 0. The van der Waals surface area contributed by atoms with Crippen LogP contribution in [0.1, 0.15) is 65.7 Å². The Morgan fingerprint density at radius 2 is 1.82 bits per heavy atom. The minimum Gasteiger partial charge on any atom is -0.380 e. The van der Waals surface area contributed by atoms with Gasteiger partial charge in [0.2, 0.25) is 0 Å². The molecule has 2 heteroatoms. The lowest BCUT2D eigenvalue weighted by Crippen LogP contribution is -2.14. The fourth-order valence-electron chi connectivity index (χ4n) is 2.17. The van der Waals surface area contributed by atoms with Gasteiger partial charge in [-0.2, -0.15) is 5.26 Å². The number of nitriles is 1. The SMILES string of the molecule is CCCC[C@@H](CC)C[C@@H](CC)COCCC#N. The van der Waals surface area contributed by atoms with E-state index in [2.05, 4.69) is 26.8 Å². The zero-order valence-electron chi connectivity index (χ0n) is 11.9. The highest BCUT2D eigenvalue weighted by atomic mass is 16.5. The molecule has 0 heterocycles. The Bertz CT molecular complexity index is 198. The monoisotopic (exact) mass is 239 g/mol. The number of rotatable bonds is 11. The van der Waals surface area contributed by atoms with E-state index in [4.69, 9.17) is 10.00 Å². The minimum atomic E-state index is 0.517. The lowest BCUT2D eigenvalue weighted by molar-refractivity contribution is 0.0909. The minimum absolute atomic E-state index is 0.517. The zero-order valence-corrected chi connectivity index (χ0v) is 11.9. The van der Waals surface area contributed by atoms with Crippen molar-refractivity contribution in [2.45, 2.75) is 65.7 Å². The molecule has 0 aliphatic heterocycles. The van der Waals surface area contributed by atoms with E-state index < -0.39 is 0 Å². The lowest BCUT2D eigenvalue weighted by Gasteiger charge is -2.21. The third-order valence-electron chi connectivity index (χ3n) is 3.50. The van der Waals surface area contributed by atoms with E-state index in [9.17, 15) is 0 Å². The molecule has 0 N–H and O–H groups in total. The topological polar surface area (TPSA) is 33.0 Å². The van der Waals surface area contributed by atoms with Gasteiger partial charge in [0.25, 0.3) is 0 Å². The molecule has 17 heavy (non-hydrogen) atoms. The van der Waals surface area contributed by atoms with Crippen LogP contribution in [0, 0.1) is 23.2 Å². The van der Waals surface area contributed by atoms with Gasteiger partial charge in [-0.15, -0.1) is 0 Å². The van der Waals surface area contributed by atoms with Gasteiger partial charge in [-0.3, -0.25) is 0 Å². The van der Waals surface area contributed by atoms with E-state index in [0.717, 1.165) is 12.5 Å². The van der Waals surface area contributed by atoms with Gasteiger partial charge in [-0.25, -0.2) is 0 Å². The van der Waals surface area contributed by atoms with Crippen molar-refractivity contribution in [1.82, 2.24) is 0 Å². The van der Waals surface area contributed by atoms with Gasteiger partial charge in [-0.05, 0) is 18.3 Å². The second-order valence-corrected chi connectivity index (χ2v) is 4.91. The average molecular weight is 239 g/mol. The first-order valence-electron chi connectivity index (χ1n) is 7.23. The van der Waals surface area contributed by atoms with Crippen molar-refractivity contribution in [3.63, 3.8) is 0 Å². The van der Waals surface area contributed by atoms with E-state index in [1.807, 2.05) is 0 Å². The fraction of sp³-hybridized carbons (Fsp3) is 0.933. The largest absolute Gasteiger partial charge is 0.380 e. The first kappa shape index (κ1) is 16.4. The highest BCUT2D eigenvalue weighted by molar-refractivity contribution is 4.68. The number of ether oxygens (including phenoxy) is 1. The molecular formula is C15H29NO. The Morgan fingerprint density at radius 1 is 1.12 bits per heavy atom. The molecule has 0 rings (SSSR count). The smallest absolute Gasteiger partial charge is 0.0645 e. The molecule has 0 unspecified atom stereocenters. The third-order valence-corrected chi connectivity index (χ3v) is 3.50. The van der Waals surface area contributed by atoms with Gasteiger partial charge >= 0.3 is 0 Å². The van der Waals surface area contributed by atoms with Crippen molar-refractivity contribution in [1.29, 1.82) is 5.26 Å². The van der Waals surface area contributed by atoms with Crippen LogP contribution in [0.5, 0.6) is 0 Å². The maximum Gasteiger partial charge on any atom is 0.0645 e. The summed E-state index contributed by atoms with van der Waals surface area (Å²) in [4.78, 5) is 0. The second-order valence-electron chi connectivity index (χ2n) is 4.91. The summed E-state index contributed by atoms with van der Waals surface area (Å²) < 4.78 is 5.55. The maximum atomic E-state index is 8.44. The van der Waals surface area contributed by atoms with E-state index >= 15 is 0 Å². The summed E-state index contributed by atoms with van der Waals surface area (Å²) in [6, 6.07) is 2.11. The van der Waals surface area contributed by atoms with Crippen LogP contribution in [-0.4, -0.2) is 13.2 Å². The number of hydrogen-bond donors (Lipinski definition) is 0. The molecule has 0 aromatic heterocycles. The highest BCUT2D eigenvalue weighted by Crippen LogP contribution is 2.23. The number of nitrogens with zero attached hydrogens (tertiary/aromatic N) is 1. The van der Waals surface area contributed by atoms with Crippen LogP contribution in [0.3, 0.4) is 0 Å². The van der Waals surface area contributed by atoms with Crippen LogP contribution in [0.2, 0.25) is 0 Å². The average Bonchev–Trinajstić information content (AvgIpc) is 2.37. The van der Waals surface area contributed by atoms with Gasteiger partial charge in [0.1, 0.15) is 0 Å². The molecule has 0 saturated heterocycles. The molecule has 0 aromatic rings. The molecule has 0 saturated carbocycles. The zero-order chi connectivity index (χ0) is 12.9. The lowest BCUT2D eigenvalue weighted by atomic mass is 9.88. The van der Waals surface area contributed by atoms with Crippen molar-refractivity contribution in [2.75, 3.05) is 13.2 Å². The summed E-state index contributed by atoms with van der Waals surface area (Å²) in [5, 5.41) is 8.44. The van der Waals surface area contributed by atoms with Crippen molar-refractivity contribution >= 4 is 0 Å². The van der Waals surface area contributed by atoms with Crippen LogP contribution in [0.15, 0.2) is 0 Å². The van der Waals surface area contributed by atoms with E-state index in [1.165, 1.54) is 38.5 Å². The molecule has 0 spiro atoms. The van der Waals surface area contributed by atoms with Gasteiger partial charge in [0.05, 0.1) is 19.1 Å². The summed E-state index contributed by atoms with van der Waals surface area (Å²) in [6.07, 6.45) is 8.30. The fourth-order valence-corrected chi connectivity index (χ4v) is 2.17.